The fourth-order valence-electron chi connectivity index (χ4n) is 3.07. The Morgan fingerprint density at radius 1 is 0.696 bits per heavy atom. The van der Waals surface area contributed by atoms with E-state index < -0.39 is 0 Å². The highest BCUT2D eigenvalue weighted by atomic mass is 127. The molecule has 0 radical (unpaired) electrons. The Bertz CT molecular complexity index is 940. The summed E-state index contributed by atoms with van der Waals surface area (Å²) in [4.78, 5) is 0. The SMILES string of the molecule is Ic1c(-c2ccccc2)n(Cc2ccccc2)c2ccccc12. The Hall–Kier alpha value is -2.07. The first-order chi connectivity index (χ1) is 11.3. The molecule has 0 saturated carbocycles. The van der Waals surface area contributed by atoms with Gasteiger partial charge in [0.15, 0.2) is 0 Å². The van der Waals surface area contributed by atoms with Gasteiger partial charge >= 0.3 is 0 Å². The van der Waals surface area contributed by atoms with Crippen molar-refractivity contribution in [2.24, 2.45) is 0 Å². The minimum atomic E-state index is 0.884. The van der Waals surface area contributed by atoms with Crippen molar-refractivity contribution in [3.63, 3.8) is 0 Å². The summed E-state index contributed by atoms with van der Waals surface area (Å²) in [5.41, 5.74) is 5.18. The highest BCUT2D eigenvalue weighted by Gasteiger charge is 2.16. The third kappa shape index (κ3) is 2.68. The van der Waals surface area contributed by atoms with Crippen molar-refractivity contribution in [1.29, 1.82) is 0 Å². The topological polar surface area (TPSA) is 4.93 Å². The second kappa shape index (κ2) is 6.20. The number of hydrogen-bond acceptors (Lipinski definition) is 0. The van der Waals surface area contributed by atoms with E-state index in [-0.39, 0.29) is 0 Å². The molecule has 23 heavy (non-hydrogen) atoms. The summed E-state index contributed by atoms with van der Waals surface area (Å²) in [6, 6.07) is 30.0. The molecule has 0 bridgehead atoms. The molecule has 0 aliphatic heterocycles. The quantitative estimate of drug-likeness (QED) is 0.368. The van der Waals surface area contributed by atoms with E-state index in [1.165, 1.54) is 31.3 Å². The first-order valence-electron chi connectivity index (χ1n) is 7.70. The molecule has 0 saturated heterocycles. The lowest BCUT2D eigenvalue weighted by atomic mass is 10.1. The van der Waals surface area contributed by atoms with Crippen LogP contribution in [0.1, 0.15) is 5.56 Å². The van der Waals surface area contributed by atoms with E-state index in [2.05, 4.69) is 112 Å². The van der Waals surface area contributed by atoms with E-state index >= 15 is 0 Å². The van der Waals surface area contributed by atoms with Crippen LogP contribution in [0.25, 0.3) is 22.2 Å². The molecule has 0 amide bonds. The van der Waals surface area contributed by atoms with Crippen molar-refractivity contribution in [1.82, 2.24) is 4.57 Å². The summed E-state index contributed by atoms with van der Waals surface area (Å²) < 4.78 is 3.75. The monoisotopic (exact) mass is 409 g/mol. The third-order valence-electron chi connectivity index (χ3n) is 4.14. The summed E-state index contributed by atoms with van der Waals surface area (Å²) in [5.74, 6) is 0. The molecule has 0 aliphatic carbocycles. The van der Waals surface area contributed by atoms with Crippen molar-refractivity contribution >= 4 is 33.5 Å². The molecule has 0 spiro atoms. The highest BCUT2D eigenvalue weighted by molar-refractivity contribution is 14.1. The van der Waals surface area contributed by atoms with Gasteiger partial charge in [-0.25, -0.2) is 0 Å². The van der Waals surface area contributed by atoms with E-state index in [4.69, 9.17) is 0 Å². The van der Waals surface area contributed by atoms with E-state index in [1.807, 2.05) is 0 Å². The summed E-state index contributed by atoms with van der Waals surface area (Å²) in [5, 5.41) is 1.32. The highest BCUT2D eigenvalue weighted by Crippen LogP contribution is 2.35. The van der Waals surface area contributed by atoms with Crippen molar-refractivity contribution in [2.75, 3.05) is 0 Å². The van der Waals surface area contributed by atoms with Gasteiger partial charge in [-0.15, -0.1) is 0 Å². The lowest BCUT2D eigenvalue weighted by Crippen LogP contribution is -2.02. The molecule has 0 fully saturated rings. The van der Waals surface area contributed by atoms with Gasteiger partial charge in [0.05, 0.1) is 5.69 Å². The molecule has 4 aromatic rings. The van der Waals surface area contributed by atoms with Crippen LogP contribution in [0.4, 0.5) is 0 Å². The Morgan fingerprint density at radius 2 is 1.30 bits per heavy atom. The Morgan fingerprint density at radius 3 is 2.04 bits per heavy atom. The van der Waals surface area contributed by atoms with Crippen molar-refractivity contribution in [3.8, 4) is 11.3 Å². The van der Waals surface area contributed by atoms with Crippen LogP contribution in [0.15, 0.2) is 84.9 Å². The zero-order valence-electron chi connectivity index (χ0n) is 12.6. The second-order valence-corrected chi connectivity index (χ2v) is 6.70. The number of benzene rings is 3. The lowest BCUT2D eigenvalue weighted by Gasteiger charge is -2.12. The van der Waals surface area contributed by atoms with Crippen molar-refractivity contribution in [3.05, 3.63) is 94.1 Å². The Balaban J connectivity index is 1.97. The maximum atomic E-state index is 2.48. The van der Waals surface area contributed by atoms with Crippen LogP contribution in [-0.2, 0) is 6.54 Å². The minimum Gasteiger partial charge on any atom is -0.335 e. The summed E-state index contributed by atoms with van der Waals surface area (Å²) in [7, 11) is 0. The Kier molecular flexibility index (Phi) is 3.92. The van der Waals surface area contributed by atoms with Gasteiger partial charge in [-0.3, -0.25) is 0 Å². The van der Waals surface area contributed by atoms with Crippen molar-refractivity contribution < 1.29 is 0 Å². The van der Waals surface area contributed by atoms with Crippen LogP contribution in [0.2, 0.25) is 0 Å². The van der Waals surface area contributed by atoms with Crippen LogP contribution in [0.3, 0.4) is 0 Å². The standard InChI is InChI=1S/C21H16IN/c22-20-18-13-7-8-14-19(18)23(15-16-9-3-1-4-10-16)21(20)17-11-5-2-6-12-17/h1-14H,15H2. The second-order valence-electron chi connectivity index (χ2n) is 5.62. The third-order valence-corrected chi connectivity index (χ3v) is 5.23. The van der Waals surface area contributed by atoms with E-state index in [0.29, 0.717) is 0 Å². The van der Waals surface area contributed by atoms with E-state index in [9.17, 15) is 0 Å². The molecule has 2 heteroatoms. The molecule has 112 valence electrons. The fourth-order valence-corrected chi connectivity index (χ4v) is 4.13. The largest absolute Gasteiger partial charge is 0.335 e. The van der Waals surface area contributed by atoms with E-state index in [0.717, 1.165) is 6.54 Å². The molecule has 0 unspecified atom stereocenters. The number of halogens is 1. The predicted molar refractivity (Wildman–Crippen MR) is 106 cm³/mol. The van der Waals surface area contributed by atoms with Gasteiger partial charge in [0.2, 0.25) is 0 Å². The van der Waals surface area contributed by atoms with Crippen LogP contribution >= 0.6 is 22.6 Å². The number of para-hydroxylation sites is 1. The van der Waals surface area contributed by atoms with Gasteiger partial charge in [-0.2, -0.15) is 0 Å². The predicted octanol–water partition coefficient (Wildman–Crippen LogP) is 5.96. The molecule has 1 nitrogen and oxygen atoms in total. The zero-order valence-corrected chi connectivity index (χ0v) is 14.8. The number of fused-ring (bicyclic) bond motifs is 1. The van der Waals surface area contributed by atoms with E-state index in [1.54, 1.807) is 0 Å². The van der Waals surface area contributed by atoms with Gasteiger partial charge in [0.1, 0.15) is 0 Å². The number of rotatable bonds is 3. The molecule has 4 rings (SSSR count). The van der Waals surface area contributed by atoms with Gasteiger partial charge in [0.25, 0.3) is 0 Å². The van der Waals surface area contributed by atoms with Crippen LogP contribution in [0.5, 0.6) is 0 Å². The maximum Gasteiger partial charge on any atom is 0.0630 e. The normalized spacial score (nSPS) is 11.0. The molecular formula is C21H16IN. The molecule has 0 atom stereocenters. The zero-order chi connectivity index (χ0) is 15.6. The molecule has 0 aliphatic rings. The molecule has 1 aromatic heterocycles. The fraction of sp³-hybridized carbons (Fsp3) is 0.0476. The average molecular weight is 409 g/mol. The molecular weight excluding hydrogens is 393 g/mol. The lowest BCUT2D eigenvalue weighted by molar-refractivity contribution is 0.843. The smallest absolute Gasteiger partial charge is 0.0630 e. The first kappa shape index (κ1) is 14.5. The molecule has 1 heterocycles. The van der Waals surface area contributed by atoms with Crippen LogP contribution < -0.4 is 0 Å². The van der Waals surface area contributed by atoms with Gasteiger partial charge in [-0.05, 0) is 39.8 Å². The van der Waals surface area contributed by atoms with Crippen LogP contribution in [0, 0.1) is 3.57 Å². The summed E-state index contributed by atoms with van der Waals surface area (Å²) >= 11 is 2.48. The molecule has 3 aromatic carbocycles. The molecule has 0 N–H and O–H groups in total. The van der Waals surface area contributed by atoms with Crippen molar-refractivity contribution in [2.45, 2.75) is 6.54 Å². The average Bonchev–Trinajstić information content (AvgIpc) is 2.89. The number of nitrogens with zero attached hydrogens (tertiary/aromatic N) is 1. The number of hydrogen-bond donors (Lipinski definition) is 0. The summed E-state index contributed by atoms with van der Waals surface area (Å²) in [6.07, 6.45) is 0. The van der Waals surface area contributed by atoms with Gasteiger partial charge in [-0.1, -0.05) is 78.9 Å². The maximum absolute atomic E-state index is 2.48. The van der Waals surface area contributed by atoms with Gasteiger partial charge < -0.3 is 4.57 Å². The number of aromatic nitrogens is 1. The first-order valence-corrected chi connectivity index (χ1v) is 8.78. The minimum absolute atomic E-state index is 0.884. The van der Waals surface area contributed by atoms with Crippen LogP contribution in [-0.4, -0.2) is 4.57 Å². The van der Waals surface area contributed by atoms with Gasteiger partial charge in [0, 0.05) is 21.0 Å². The Labute approximate surface area is 149 Å². The summed E-state index contributed by atoms with van der Waals surface area (Å²) in [6.45, 7) is 0.884.